The largest absolute Gasteiger partial charge is 0.499 e. The highest BCUT2D eigenvalue weighted by atomic mass is 16.5. The summed E-state index contributed by atoms with van der Waals surface area (Å²) in [5.74, 6) is 0.0506. The molecule has 0 saturated carbocycles. The summed E-state index contributed by atoms with van der Waals surface area (Å²) >= 11 is 0. The van der Waals surface area contributed by atoms with Gasteiger partial charge in [-0.15, -0.1) is 0 Å². The Kier molecular flexibility index (Phi) is 5.30. The number of nitrogens with zero attached hydrogens (tertiary/aromatic N) is 1. The quantitative estimate of drug-likeness (QED) is 0.699. The van der Waals surface area contributed by atoms with Crippen molar-refractivity contribution >= 4 is 17.4 Å². The van der Waals surface area contributed by atoms with Crippen LogP contribution in [0.4, 0.5) is 5.69 Å². The van der Waals surface area contributed by atoms with Crippen LogP contribution in [0.1, 0.15) is 24.1 Å². The van der Waals surface area contributed by atoms with Crippen molar-refractivity contribution in [2.45, 2.75) is 13.0 Å². The van der Waals surface area contributed by atoms with E-state index in [1.54, 1.807) is 38.6 Å². The van der Waals surface area contributed by atoms with E-state index in [0.717, 1.165) is 5.69 Å². The highest BCUT2D eigenvalue weighted by Crippen LogP contribution is 2.36. The first-order chi connectivity index (χ1) is 13.1. The first-order valence-corrected chi connectivity index (χ1v) is 8.36. The molecule has 0 fully saturated rings. The summed E-state index contributed by atoms with van der Waals surface area (Å²) in [6, 6.07) is 9.93. The third kappa shape index (κ3) is 3.57. The third-order valence-corrected chi connectivity index (χ3v) is 4.34. The van der Waals surface area contributed by atoms with Crippen LogP contribution in [0.2, 0.25) is 0 Å². The van der Waals surface area contributed by atoms with Gasteiger partial charge in [-0.25, -0.2) is 4.79 Å². The minimum absolute atomic E-state index is 0.509. The van der Waals surface area contributed by atoms with Gasteiger partial charge in [-0.1, -0.05) is 24.3 Å². The minimum atomic E-state index is -0.996. The van der Waals surface area contributed by atoms with Gasteiger partial charge < -0.3 is 25.2 Å². The van der Waals surface area contributed by atoms with E-state index in [9.17, 15) is 9.90 Å². The van der Waals surface area contributed by atoms with Crippen molar-refractivity contribution in [1.82, 2.24) is 10.3 Å². The zero-order valence-electron chi connectivity index (χ0n) is 15.3. The van der Waals surface area contributed by atoms with Gasteiger partial charge in [0.25, 0.3) is 0 Å². The SMILES string of the molecule is COC1=C(Nc2ccncc2)/C(=C(\C)OC)N[C@@H](C(=O)O)c2ccccc21. The fraction of sp³-hybridized carbons (Fsp3) is 0.200. The maximum absolute atomic E-state index is 12.0. The maximum atomic E-state index is 12.0. The molecule has 0 aliphatic carbocycles. The van der Waals surface area contributed by atoms with Gasteiger partial charge in [-0.3, -0.25) is 4.98 Å². The molecular weight excluding hydrogens is 346 g/mol. The molecule has 0 unspecified atom stereocenters. The smallest absolute Gasteiger partial charge is 0.330 e. The molecule has 1 aromatic heterocycles. The number of anilines is 1. The summed E-state index contributed by atoms with van der Waals surface area (Å²) in [7, 11) is 3.09. The average molecular weight is 367 g/mol. The van der Waals surface area contributed by atoms with Crippen molar-refractivity contribution < 1.29 is 19.4 Å². The number of carboxylic acid groups (broad SMARTS) is 1. The number of aromatic nitrogens is 1. The average Bonchev–Trinajstić information content (AvgIpc) is 2.82. The van der Waals surface area contributed by atoms with Gasteiger partial charge in [0.1, 0.15) is 17.2 Å². The van der Waals surface area contributed by atoms with Crippen LogP contribution in [0.3, 0.4) is 0 Å². The second kappa shape index (κ2) is 7.82. The number of carbonyl (C=O) groups is 1. The molecule has 0 saturated heterocycles. The standard InChI is InChI=1S/C20H21N3O4/c1-12(26-2)16-18(22-13-8-10-21-11-9-13)19(27-3)15-7-5-4-6-14(15)17(23-16)20(24)25/h4-11,17,23H,1-3H3,(H,21,22)(H,24,25)/b16-12-/t17-/m1/s1. The second-order valence-electron chi connectivity index (χ2n) is 5.91. The second-order valence-corrected chi connectivity index (χ2v) is 5.91. The molecule has 2 aromatic rings. The number of pyridine rings is 1. The van der Waals surface area contributed by atoms with Crippen LogP contribution in [0.5, 0.6) is 0 Å². The molecule has 2 heterocycles. The Balaban J connectivity index is 2.27. The summed E-state index contributed by atoms with van der Waals surface area (Å²) in [6.07, 6.45) is 3.33. The van der Waals surface area contributed by atoms with Gasteiger partial charge in [0.2, 0.25) is 0 Å². The summed E-state index contributed by atoms with van der Waals surface area (Å²) in [4.78, 5) is 16.0. The van der Waals surface area contributed by atoms with Crippen molar-refractivity contribution in [3.05, 3.63) is 77.1 Å². The number of rotatable bonds is 5. The van der Waals surface area contributed by atoms with Gasteiger partial charge in [-0.05, 0) is 24.6 Å². The molecule has 3 rings (SSSR count). The molecule has 0 spiro atoms. The van der Waals surface area contributed by atoms with E-state index < -0.39 is 12.0 Å². The van der Waals surface area contributed by atoms with E-state index in [1.165, 1.54) is 7.11 Å². The van der Waals surface area contributed by atoms with Gasteiger partial charge in [-0.2, -0.15) is 0 Å². The van der Waals surface area contributed by atoms with Crippen molar-refractivity contribution in [3.8, 4) is 0 Å². The molecule has 27 heavy (non-hydrogen) atoms. The molecule has 140 valence electrons. The lowest BCUT2D eigenvalue weighted by Gasteiger charge is -2.21. The number of aliphatic carboxylic acids is 1. The summed E-state index contributed by atoms with van der Waals surface area (Å²) < 4.78 is 11.1. The predicted octanol–water partition coefficient (Wildman–Crippen LogP) is 3.12. The Hall–Kier alpha value is -3.48. The third-order valence-electron chi connectivity index (χ3n) is 4.34. The van der Waals surface area contributed by atoms with Crippen molar-refractivity contribution in [2.24, 2.45) is 0 Å². The number of benzene rings is 1. The number of ether oxygens (including phenoxy) is 2. The first kappa shape index (κ1) is 18.3. The number of nitrogens with one attached hydrogen (secondary N) is 2. The Bertz CT molecular complexity index is 906. The number of hydrogen-bond acceptors (Lipinski definition) is 6. The lowest BCUT2D eigenvalue weighted by molar-refractivity contribution is -0.139. The van der Waals surface area contributed by atoms with E-state index in [0.29, 0.717) is 34.0 Å². The van der Waals surface area contributed by atoms with Gasteiger partial charge >= 0.3 is 5.97 Å². The normalized spacial score (nSPS) is 18.0. The Labute approximate surface area is 157 Å². The zero-order chi connectivity index (χ0) is 19.4. The number of fused-ring (bicyclic) bond motifs is 1. The van der Waals surface area contributed by atoms with Gasteiger partial charge in [0.15, 0.2) is 11.8 Å². The molecule has 1 aliphatic heterocycles. The molecule has 1 aliphatic rings. The number of carboxylic acids is 1. The summed E-state index contributed by atoms with van der Waals surface area (Å²) in [6.45, 7) is 1.76. The molecular formula is C20H21N3O4. The molecule has 1 atom stereocenters. The van der Waals surface area contributed by atoms with E-state index >= 15 is 0 Å². The van der Waals surface area contributed by atoms with Crippen LogP contribution < -0.4 is 10.6 Å². The molecule has 7 nitrogen and oxygen atoms in total. The van der Waals surface area contributed by atoms with E-state index in [2.05, 4.69) is 15.6 Å². The first-order valence-electron chi connectivity index (χ1n) is 8.36. The van der Waals surface area contributed by atoms with Crippen LogP contribution in [-0.4, -0.2) is 30.3 Å². The van der Waals surface area contributed by atoms with Crippen molar-refractivity contribution in [3.63, 3.8) is 0 Å². The fourth-order valence-electron chi connectivity index (χ4n) is 2.98. The number of hydrogen-bond donors (Lipinski definition) is 3. The molecule has 7 heteroatoms. The topological polar surface area (TPSA) is 92.7 Å². The van der Waals surface area contributed by atoms with Crippen molar-refractivity contribution in [2.75, 3.05) is 19.5 Å². The molecule has 0 bridgehead atoms. The Morgan fingerprint density at radius 2 is 1.89 bits per heavy atom. The summed E-state index contributed by atoms with van der Waals surface area (Å²) in [5, 5.41) is 16.2. The van der Waals surface area contributed by atoms with E-state index in [-0.39, 0.29) is 0 Å². The van der Waals surface area contributed by atoms with Crippen LogP contribution in [0.25, 0.3) is 5.76 Å². The van der Waals surface area contributed by atoms with Gasteiger partial charge in [0.05, 0.1) is 14.2 Å². The molecule has 1 aromatic carbocycles. The fourth-order valence-corrected chi connectivity index (χ4v) is 2.98. The van der Waals surface area contributed by atoms with Crippen LogP contribution in [0.15, 0.2) is 65.9 Å². The van der Waals surface area contributed by atoms with Gasteiger partial charge in [0, 0.05) is 23.6 Å². The Morgan fingerprint density at radius 1 is 1.19 bits per heavy atom. The number of methoxy groups -OCH3 is 2. The van der Waals surface area contributed by atoms with Crippen LogP contribution >= 0.6 is 0 Å². The zero-order valence-corrected chi connectivity index (χ0v) is 15.3. The predicted molar refractivity (Wildman–Crippen MR) is 101 cm³/mol. The molecule has 3 N–H and O–H groups in total. The van der Waals surface area contributed by atoms with Crippen LogP contribution in [-0.2, 0) is 14.3 Å². The number of allylic oxidation sites excluding steroid dienone is 1. The Morgan fingerprint density at radius 3 is 2.52 bits per heavy atom. The highest BCUT2D eigenvalue weighted by Gasteiger charge is 2.32. The van der Waals surface area contributed by atoms with E-state index in [1.807, 2.05) is 24.3 Å². The van der Waals surface area contributed by atoms with Crippen LogP contribution in [0, 0.1) is 0 Å². The van der Waals surface area contributed by atoms with Crippen molar-refractivity contribution in [1.29, 1.82) is 0 Å². The molecule has 0 amide bonds. The minimum Gasteiger partial charge on any atom is -0.499 e. The lowest BCUT2D eigenvalue weighted by Crippen LogP contribution is -2.30. The summed E-state index contributed by atoms with van der Waals surface area (Å²) in [5.41, 5.74) is 3.17. The highest BCUT2D eigenvalue weighted by molar-refractivity contribution is 5.83. The lowest BCUT2D eigenvalue weighted by atomic mass is 9.99. The monoisotopic (exact) mass is 367 g/mol. The van der Waals surface area contributed by atoms with E-state index in [4.69, 9.17) is 9.47 Å². The molecule has 0 radical (unpaired) electrons. The maximum Gasteiger partial charge on any atom is 0.330 e.